The summed E-state index contributed by atoms with van der Waals surface area (Å²) in [6, 6.07) is 6.53. The lowest BCUT2D eigenvalue weighted by molar-refractivity contribution is -0.122. The Morgan fingerprint density at radius 2 is 1.88 bits per heavy atom. The van der Waals surface area contributed by atoms with E-state index in [4.69, 9.17) is 0 Å². The number of benzene rings is 1. The number of unbranched alkanes of at least 4 members (excludes halogenated alkanes) is 1. The average Bonchev–Trinajstić information content (AvgIpc) is 2.61. The van der Waals surface area contributed by atoms with Crippen LogP contribution in [0.4, 0.5) is 0 Å². The van der Waals surface area contributed by atoms with Crippen LogP contribution in [0.1, 0.15) is 32.6 Å². The number of amides is 1. The first-order chi connectivity index (χ1) is 12.3. The van der Waals surface area contributed by atoms with Crippen molar-refractivity contribution < 1.29 is 13.2 Å². The highest BCUT2D eigenvalue weighted by molar-refractivity contribution is 9.10. The van der Waals surface area contributed by atoms with Crippen LogP contribution in [0.25, 0.3) is 0 Å². The summed E-state index contributed by atoms with van der Waals surface area (Å²) in [7, 11) is -2.23. The van der Waals surface area contributed by atoms with Crippen molar-refractivity contribution in [3.05, 3.63) is 28.7 Å². The molecule has 1 saturated heterocycles. The van der Waals surface area contributed by atoms with E-state index in [2.05, 4.69) is 33.1 Å². The van der Waals surface area contributed by atoms with E-state index in [9.17, 15) is 13.2 Å². The van der Waals surface area contributed by atoms with Crippen molar-refractivity contribution in [2.75, 3.05) is 33.2 Å². The molecular formula is C18H28BrN3O3S. The van der Waals surface area contributed by atoms with Gasteiger partial charge in [-0.3, -0.25) is 4.79 Å². The number of hydrogen-bond acceptors (Lipinski definition) is 4. The van der Waals surface area contributed by atoms with Gasteiger partial charge in [-0.25, -0.2) is 8.42 Å². The maximum atomic E-state index is 12.5. The van der Waals surface area contributed by atoms with E-state index >= 15 is 0 Å². The number of rotatable bonds is 8. The molecule has 0 aliphatic carbocycles. The third-order valence-corrected chi connectivity index (χ3v) is 7.01. The molecule has 0 spiro atoms. The number of sulfonamides is 1. The molecule has 1 aliphatic rings. The van der Waals surface area contributed by atoms with Gasteiger partial charge < -0.3 is 10.2 Å². The molecule has 1 amide bonds. The van der Waals surface area contributed by atoms with Crippen molar-refractivity contribution in [1.82, 2.24) is 14.5 Å². The Kier molecular flexibility index (Phi) is 8.06. The molecule has 26 heavy (non-hydrogen) atoms. The zero-order chi connectivity index (χ0) is 19.2. The number of nitrogens with one attached hydrogen (secondary N) is 1. The zero-order valence-electron chi connectivity index (χ0n) is 15.4. The largest absolute Gasteiger partial charge is 0.352 e. The predicted octanol–water partition coefficient (Wildman–Crippen LogP) is 2.45. The molecule has 1 N–H and O–H groups in total. The summed E-state index contributed by atoms with van der Waals surface area (Å²) in [5.41, 5.74) is 0. The quantitative estimate of drug-likeness (QED) is 0.666. The van der Waals surface area contributed by atoms with E-state index in [-0.39, 0.29) is 23.4 Å². The number of carbonyl (C=O) groups excluding carboxylic acids is 1. The summed E-state index contributed by atoms with van der Waals surface area (Å²) in [6.45, 7) is 5.10. The van der Waals surface area contributed by atoms with Crippen LogP contribution in [0.2, 0.25) is 0 Å². The number of carbonyl (C=O) groups is 1. The summed E-state index contributed by atoms with van der Waals surface area (Å²) in [4.78, 5) is 14.9. The molecule has 146 valence electrons. The second kappa shape index (κ2) is 9.82. The van der Waals surface area contributed by atoms with Crippen LogP contribution in [-0.4, -0.2) is 62.8 Å². The first-order valence-corrected chi connectivity index (χ1v) is 11.3. The van der Waals surface area contributed by atoms with Crippen molar-refractivity contribution in [3.8, 4) is 0 Å². The highest BCUT2D eigenvalue weighted by Gasteiger charge is 2.25. The van der Waals surface area contributed by atoms with Gasteiger partial charge in [-0.2, -0.15) is 4.31 Å². The first kappa shape index (κ1) is 21.3. The van der Waals surface area contributed by atoms with Crippen LogP contribution in [-0.2, 0) is 14.8 Å². The molecule has 1 aromatic carbocycles. The van der Waals surface area contributed by atoms with Gasteiger partial charge in [-0.05, 0) is 50.1 Å². The molecule has 0 atom stereocenters. The minimum atomic E-state index is -3.67. The topological polar surface area (TPSA) is 69.7 Å². The van der Waals surface area contributed by atoms with Crippen LogP contribution < -0.4 is 5.32 Å². The minimum Gasteiger partial charge on any atom is -0.352 e. The van der Waals surface area contributed by atoms with Gasteiger partial charge in [0.2, 0.25) is 15.9 Å². The van der Waals surface area contributed by atoms with Crippen molar-refractivity contribution in [1.29, 1.82) is 0 Å². The van der Waals surface area contributed by atoms with Crippen LogP contribution in [0.5, 0.6) is 0 Å². The van der Waals surface area contributed by atoms with Crippen molar-refractivity contribution in [3.63, 3.8) is 0 Å². The Labute approximate surface area is 165 Å². The Balaban J connectivity index is 1.83. The molecule has 1 aliphatic heterocycles. The molecule has 8 heteroatoms. The van der Waals surface area contributed by atoms with Gasteiger partial charge in [0.05, 0.1) is 11.4 Å². The van der Waals surface area contributed by atoms with E-state index in [1.807, 2.05) is 0 Å². The molecular weight excluding hydrogens is 418 g/mol. The highest BCUT2D eigenvalue weighted by atomic mass is 79.9. The van der Waals surface area contributed by atoms with E-state index < -0.39 is 10.0 Å². The Morgan fingerprint density at radius 1 is 1.27 bits per heavy atom. The van der Waals surface area contributed by atoms with Crippen LogP contribution >= 0.6 is 15.9 Å². The molecule has 6 nitrogen and oxygen atoms in total. The zero-order valence-corrected chi connectivity index (χ0v) is 17.9. The number of hydrogen-bond donors (Lipinski definition) is 1. The van der Waals surface area contributed by atoms with Gasteiger partial charge in [0.25, 0.3) is 0 Å². The number of halogens is 1. The Morgan fingerprint density at radius 3 is 2.46 bits per heavy atom. The molecule has 2 rings (SSSR count). The lowest BCUT2D eigenvalue weighted by Crippen LogP contribution is -2.47. The van der Waals surface area contributed by atoms with Crippen LogP contribution in [0.3, 0.4) is 0 Å². The Hall–Kier alpha value is -0.960. The first-order valence-electron chi connectivity index (χ1n) is 9.06. The number of nitrogens with zero attached hydrogens (tertiary/aromatic N) is 2. The van der Waals surface area contributed by atoms with Crippen LogP contribution in [0.15, 0.2) is 33.6 Å². The van der Waals surface area contributed by atoms with E-state index in [1.54, 1.807) is 12.1 Å². The second-order valence-electron chi connectivity index (χ2n) is 6.75. The molecule has 1 fully saturated rings. The van der Waals surface area contributed by atoms with Crippen molar-refractivity contribution in [2.24, 2.45) is 0 Å². The van der Waals surface area contributed by atoms with Crippen molar-refractivity contribution in [2.45, 2.75) is 43.5 Å². The molecule has 0 radical (unpaired) electrons. The molecule has 0 unspecified atom stereocenters. The van der Waals surface area contributed by atoms with Gasteiger partial charge in [0.1, 0.15) is 0 Å². The van der Waals surface area contributed by atoms with E-state index in [0.29, 0.717) is 0 Å². The van der Waals surface area contributed by atoms with E-state index in [0.717, 1.165) is 41.3 Å². The fraction of sp³-hybridized carbons (Fsp3) is 0.611. The summed E-state index contributed by atoms with van der Waals surface area (Å²) in [6.07, 6.45) is 4.23. The van der Waals surface area contributed by atoms with Gasteiger partial charge in [-0.15, -0.1) is 0 Å². The SMILES string of the molecule is CCCCN1CCC(NC(=O)CN(C)S(=O)(=O)c2ccc(Br)cc2)CC1. The summed E-state index contributed by atoms with van der Waals surface area (Å²) in [5, 5.41) is 2.98. The number of likely N-dealkylation sites (tertiary alicyclic amines) is 1. The van der Waals surface area contributed by atoms with Gasteiger partial charge >= 0.3 is 0 Å². The fourth-order valence-electron chi connectivity index (χ4n) is 3.03. The fourth-order valence-corrected chi connectivity index (χ4v) is 4.42. The molecule has 1 aromatic rings. The van der Waals surface area contributed by atoms with Crippen molar-refractivity contribution >= 4 is 31.9 Å². The highest BCUT2D eigenvalue weighted by Crippen LogP contribution is 2.18. The average molecular weight is 446 g/mol. The standard InChI is InChI=1S/C18H28BrN3O3S/c1-3-4-11-22-12-9-16(10-13-22)20-18(23)14-21(2)26(24,25)17-7-5-15(19)6-8-17/h5-8,16H,3-4,9-14H2,1-2H3,(H,20,23). The third-order valence-electron chi connectivity index (χ3n) is 4.67. The number of likely N-dealkylation sites (N-methyl/N-ethyl adjacent to an activating group) is 1. The monoisotopic (exact) mass is 445 g/mol. The summed E-state index contributed by atoms with van der Waals surface area (Å²) in [5.74, 6) is -0.250. The maximum Gasteiger partial charge on any atom is 0.243 e. The molecule has 1 heterocycles. The smallest absolute Gasteiger partial charge is 0.243 e. The van der Waals surface area contributed by atoms with E-state index in [1.165, 1.54) is 32.0 Å². The van der Waals surface area contributed by atoms with Gasteiger partial charge in [0.15, 0.2) is 0 Å². The third kappa shape index (κ3) is 6.04. The Bertz CT molecular complexity index is 686. The van der Waals surface area contributed by atoms with Gasteiger partial charge in [0, 0.05) is 30.7 Å². The number of piperidine rings is 1. The predicted molar refractivity (Wildman–Crippen MR) is 106 cm³/mol. The minimum absolute atomic E-state index is 0.129. The lowest BCUT2D eigenvalue weighted by atomic mass is 10.0. The normalized spacial score (nSPS) is 16.8. The molecule has 0 bridgehead atoms. The summed E-state index contributed by atoms with van der Waals surface area (Å²) >= 11 is 3.29. The lowest BCUT2D eigenvalue weighted by Gasteiger charge is -2.32. The maximum absolute atomic E-state index is 12.5. The molecule has 0 saturated carbocycles. The van der Waals surface area contributed by atoms with Gasteiger partial charge in [-0.1, -0.05) is 29.3 Å². The van der Waals surface area contributed by atoms with Crippen LogP contribution in [0, 0.1) is 0 Å². The summed E-state index contributed by atoms with van der Waals surface area (Å²) < 4.78 is 27.0. The molecule has 0 aromatic heterocycles. The second-order valence-corrected chi connectivity index (χ2v) is 9.71.